The number of nitriles is 1. The van der Waals surface area contributed by atoms with Gasteiger partial charge in [-0.2, -0.15) is 5.26 Å². The Labute approximate surface area is 207 Å². The molecule has 4 atom stereocenters. The SMILES string of the molecule is CC1(CC2NC(C(=O)O)C(c3cccc(Cl)c3F)C2(C#N)c2ccc(Cl)cc2F)CCCCC1. The van der Waals surface area contributed by atoms with Crippen LogP contribution in [-0.2, 0) is 10.2 Å². The summed E-state index contributed by atoms with van der Waals surface area (Å²) >= 11 is 12.0. The second-order valence-electron chi connectivity index (χ2n) is 9.84. The number of carboxylic acids is 1. The normalized spacial score (nSPS) is 28.4. The summed E-state index contributed by atoms with van der Waals surface area (Å²) in [6.07, 6.45) is 5.48. The fourth-order valence-electron chi connectivity index (χ4n) is 6.03. The zero-order chi connectivity index (χ0) is 24.7. The average molecular weight is 507 g/mol. The van der Waals surface area contributed by atoms with Gasteiger partial charge in [0.25, 0.3) is 0 Å². The topological polar surface area (TPSA) is 73.1 Å². The molecule has 2 aromatic rings. The first-order valence-corrected chi connectivity index (χ1v) is 12.2. The van der Waals surface area contributed by atoms with E-state index in [1.165, 1.54) is 30.3 Å². The van der Waals surface area contributed by atoms with Gasteiger partial charge < -0.3 is 5.11 Å². The third-order valence-electron chi connectivity index (χ3n) is 7.66. The van der Waals surface area contributed by atoms with Crippen molar-refractivity contribution in [1.29, 1.82) is 5.26 Å². The summed E-state index contributed by atoms with van der Waals surface area (Å²) in [6, 6.07) is 8.50. The van der Waals surface area contributed by atoms with Crippen LogP contribution in [0, 0.1) is 28.4 Å². The first-order chi connectivity index (χ1) is 16.1. The second-order valence-corrected chi connectivity index (χ2v) is 10.7. The van der Waals surface area contributed by atoms with Crippen molar-refractivity contribution in [2.45, 2.75) is 68.9 Å². The highest BCUT2D eigenvalue weighted by molar-refractivity contribution is 6.31. The predicted octanol–water partition coefficient (Wildman–Crippen LogP) is 6.60. The molecule has 4 rings (SSSR count). The van der Waals surface area contributed by atoms with Gasteiger partial charge in [0, 0.05) is 22.5 Å². The molecule has 8 heteroatoms. The van der Waals surface area contributed by atoms with Gasteiger partial charge in [-0.15, -0.1) is 0 Å². The van der Waals surface area contributed by atoms with Crippen molar-refractivity contribution in [2.75, 3.05) is 0 Å². The number of carbonyl (C=O) groups is 1. The van der Waals surface area contributed by atoms with Gasteiger partial charge in [0.1, 0.15) is 23.1 Å². The number of nitrogens with zero attached hydrogens (tertiary/aromatic N) is 1. The van der Waals surface area contributed by atoms with Crippen LogP contribution < -0.4 is 5.32 Å². The molecule has 2 fully saturated rings. The Morgan fingerprint density at radius 3 is 2.53 bits per heavy atom. The van der Waals surface area contributed by atoms with Crippen molar-refractivity contribution >= 4 is 29.2 Å². The monoisotopic (exact) mass is 506 g/mol. The molecular formula is C26H26Cl2F2N2O2. The van der Waals surface area contributed by atoms with E-state index in [2.05, 4.69) is 18.3 Å². The minimum absolute atomic E-state index is 0.00411. The summed E-state index contributed by atoms with van der Waals surface area (Å²) in [7, 11) is 0. The lowest BCUT2D eigenvalue weighted by molar-refractivity contribution is -0.139. The maximum atomic E-state index is 15.4. The van der Waals surface area contributed by atoms with Crippen LogP contribution in [0.3, 0.4) is 0 Å². The Morgan fingerprint density at radius 1 is 1.21 bits per heavy atom. The molecule has 1 aliphatic carbocycles. The van der Waals surface area contributed by atoms with Crippen LogP contribution in [0.15, 0.2) is 36.4 Å². The third-order valence-corrected chi connectivity index (χ3v) is 8.18. The van der Waals surface area contributed by atoms with Gasteiger partial charge in [-0.25, -0.2) is 8.78 Å². The molecule has 1 aliphatic heterocycles. The van der Waals surface area contributed by atoms with Gasteiger partial charge in [0.2, 0.25) is 0 Å². The van der Waals surface area contributed by atoms with Crippen LogP contribution >= 0.6 is 23.2 Å². The molecule has 2 aliphatic rings. The van der Waals surface area contributed by atoms with Crippen LogP contribution in [0.4, 0.5) is 8.78 Å². The molecule has 1 saturated heterocycles. The molecule has 1 saturated carbocycles. The molecule has 2 aromatic carbocycles. The number of aliphatic carboxylic acids is 1. The van der Waals surface area contributed by atoms with Crippen LogP contribution in [0.5, 0.6) is 0 Å². The van der Waals surface area contributed by atoms with E-state index in [-0.39, 0.29) is 26.6 Å². The van der Waals surface area contributed by atoms with Crippen molar-refractivity contribution < 1.29 is 18.7 Å². The standard InChI is InChI=1S/C26H26Cl2F2N2O2/c1-25(10-3-2-4-11-25)13-20-26(14-31,17-9-8-15(27)12-19(17)29)21(23(32-20)24(33)34)16-6-5-7-18(28)22(16)30/h5-9,12,20-21,23,32H,2-4,10-11,13H2,1H3,(H,33,34). The molecular weight excluding hydrogens is 481 g/mol. The maximum Gasteiger partial charge on any atom is 0.321 e. The van der Waals surface area contributed by atoms with Crippen molar-refractivity contribution in [1.82, 2.24) is 5.32 Å². The highest BCUT2D eigenvalue weighted by Gasteiger charge is 2.61. The Kier molecular flexibility index (Phi) is 6.92. The quantitative estimate of drug-likeness (QED) is 0.478. The molecule has 0 bridgehead atoms. The van der Waals surface area contributed by atoms with E-state index >= 15 is 8.78 Å². The van der Waals surface area contributed by atoms with Crippen LogP contribution in [-0.4, -0.2) is 23.2 Å². The molecule has 2 N–H and O–H groups in total. The Hall–Kier alpha value is -2.20. The van der Waals surface area contributed by atoms with Crippen molar-refractivity contribution in [3.8, 4) is 6.07 Å². The van der Waals surface area contributed by atoms with E-state index in [1.54, 1.807) is 0 Å². The number of nitrogens with one attached hydrogen (secondary N) is 1. The molecule has 4 nitrogen and oxygen atoms in total. The molecule has 0 radical (unpaired) electrons. The fourth-order valence-corrected chi connectivity index (χ4v) is 6.37. The fraction of sp³-hybridized carbons (Fsp3) is 0.462. The van der Waals surface area contributed by atoms with Gasteiger partial charge in [-0.1, -0.05) is 67.6 Å². The van der Waals surface area contributed by atoms with E-state index in [0.29, 0.717) is 6.42 Å². The lowest BCUT2D eigenvalue weighted by Crippen LogP contribution is -2.46. The van der Waals surface area contributed by atoms with Crippen LogP contribution in [0.1, 0.15) is 62.5 Å². The second kappa shape index (κ2) is 9.45. The molecule has 0 spiro atoms. The zero-order valence-corrected chi connectivity index (χ0v) is 20.3. The number of rotatable bonds is 5. The summed E-state index contributed by atoms with van der Waals surface area (Å²) < 4.78 is 30.8. The summed E-state index contributed by atoms with van der Waals surface area (Å²) in [5, 5.41) is 23.9. The number of halogens is 4. The van der Waals surface area contributed by atoms with E-state index < -0.39 is 41.0 Å². The molecule has 34 heavy (non-hydrogen) atoms. The predicted molar refractivity (Wildman–Crippen MR) is 127 cm³/mol. The average Bonchev–Trinajstić information content (AvgIpc) is 3.10. The number of hydrogen-bond acceptors (Lipinski definition) is 3. The highest BCUT2D eigenvalue weighted by Crippen LogP contribution is 2.54. The largest absolute Gasteiger partial charge is 0.480 e. The molecule has 4 unspecified atom stereocenters. The first-order valence-electron chi connectivity index (χ1n) is 11.4. The minimum atomic E-state index is -1.70. The lowest BCUT2D eigenvalue weighted by Gasteiger charge is -2.41. The summed E-state index contributed by atoms with van der Waals surface area (Å²) in [5.74, 6) is -4.00. The number of carboxylic acid groups (broad SMARTS) is 1. The van der Waals surface area contributed by atoms with Gasteiger partial charge in [0.15, 0.2) is 0 Å². The summed E-state index contributed by atoms with van der Waals surface area (Å²) in [5.41, 5.74) is -1.89. The van der Waals surface area contributed by atoms with E-state index in [0.717, 1.165) is 38.2 Å². The van der Waals surface area contributed by atoms with Gasteiger partial charge in [-0.3, -0.25) is 10.1 Å². The maximum absolute atomic E-state index is 15.4. The minimum Gasteiger partial charge on any atom is -0.480 e. The van der Waals surface area contributed by atoms with E-state index in [1.807, 2.05) is 0 Å². The van der Waals surface area contributed by atoms with Crippen LogP contribution in [0.25, 0.3) is 0 Å². The number of hydrogen-bond donors (Lipinski definition) is 2. The smallest absolute Gasteiger partial charge is 0.321 e. The molecule has 0 amide bonds. The summed E-state index contributed by atoms with van der Waals surface area (Å²) in [4.78, 5) is 12.4. The van der Waals surface area contributed by atoms with Crippen LogP contribution in [0.2, 0.25) is 10.0 Å². The molecule has 0 aromatic heterocycles. The van der Waals surface area contributed by atoms with Gasteiger partial charge in [0.05, 0.1) is 11.1 Å². The first kappa shape index (κ1) is 24.9. The molecule has 180 valence electrons. The Bertz CT molecular complexity index is 1150. The van der Waals surface area contributed by atoms with Gasteiger partial charge in [-0.05, 0) is 48.4 Å². The Morgan fingerprint density at radius 2 is 1.91 bits per heavy atom. The molecule has 1 heterocycles. The third kappa shape index (κ3) is 4.19. The summed E-state index contributed by atoms with van der Waals surface area (Å²) in [6.45, 7) is 2.12. The van der Waals surface area contributed by atoms with Crippen molar-refractivity contribution in [3.05, 3.63) is 69.2 Å². The number of benzene rings is 2. The van der Waals surface area contributed by atoms with E-state index in [9.17, 15) is 15.2 Å². The van der Waals surface area contributed by atoms with E-state index in [4.69, 9.17) is 23.2 Å². The lowest BCUT2D eigenvalue weighted by atomic mass is 9.61. The zero-order valence-electron chi connectivity index (χ0n) is 18.8. The van der Waals surface area contributed by atoms with Gasteiger partial charge >= 0.3 is 5.97 Å². The van der Waals surface area contributed by atoms with Crippen molar-refractivity contribution in [2.24, 2.45) is 5.41 Å². The highest BCUT2D eigenvalue weighted by atomic mass is 35.5. The van der Waals surface area contributed by atoms with Crippen molar-refractivity contribution in [3.63, 3.8) is 0 Å². The Balaban J connectivity index is 1.97.